The van der Waals surface area contributed by atoms with Gasteiger partial charge in [-0.25, -0.2) is 9.97 Å². The largest absolute Gasteiger partial charge is 0.451 e. The summed E-state index contributed by atoms with van der Waals surface area (Å²) in [5.41, 5.74) is 0. The molecule has 0 aromatic carbocycles. The van der Waals surface area contributed by atoms with Crippen molar-refractivity contribution in [3.63, 3.8) is 0 Å². The van der Waals surface area contributed by atoms with Crippen molar-refractivity contribution < 1.29 is 13.2 Å². The average Bonchev–Trinajstić information content (AvgIpc) is 2.97. The molecular formula is C9H9ClF3N3. The second-order valence-electron chi connectivity index (χ2n) is 3.71. The van der Waals surface area contributed by atoms with Gasteiger partial charge in [-0.2, -0.15) is 13.2 Å². The van der Waals surface area contributed by atoms with Gasteiger partial charge in [-0.1, -0.05) is 11.6 Å². The van der Waals surface area contributed by atoms with Crippen LogP contribution in [0.3, 0.4) is 0 Å². The zero-order valence-corrected chi connectivity index (χ0v) is 9.18. The van der Waals surface area contributed by atoms with Crippen LogP contribution < -0.4 is 4.90 Å². The fourth-order valence-electron chi connectivity index (χ4n) is 1.36. The summed E-state index contributed by atoms with van der Waals surface area (Å²) in [6, 6.07) is 1.61. The van der Waals surface area contributed by atoms with Gasteiger partial charge in [0.05, 0.1) is 0 Å². The van der Waals surface area contributed by atoms with E-state index < -0.39 is 12.0 Å². The van der Waals surface area contributed by atoms with E-state index in [9.17, 15) is 13.2 Å². The Labute approximate surface area is 95.2 Å². The summed E-state index contributed by atoms with van der Waals surface area (Å²) in [6.45, 7) is 0. The molecule has 0 spiro atoms. The second kappa shape index (κ2) is 3.76. The molecule has 0 bridgehead atoms. The molecule has 1 heterocycles. The number of nitrogens with zero attached hydrogens (tertiary/aromatic N) is 3. The molecule has 88 valence electrons. The summed E-state index contributed by atoms with van der Waals surface area (Å²) >= 11 is 5.55. The third kappa shape index (κ3) is 2.37. The predicted octanol–water partition coefficient (Wildman–Crippen LogP) is 2.75. The molecule has 1 aromatic heterocycles. The van der Waals surface area contributed by atoms with E-state index in [0.717, 1.165) is 12.8 Å². The maximum absolute atomic E-state index is 12.4. The molecule has 3 nitrogen and oxygen atoms in total. The lowest BCUT2D eigenvalue weighted by atomic mass is 10.4. The van der Waals surface area contributed by atoms with E-state index in [1.165, 1.54) is 6.07 Å². The molecule has 7 heteroatoms. The molecule has 1 aliphatic carbocycles. The molecule has 0 atom stereocenters. The Hall–Kier alpha value is -1.04. The van der Waals surface area contributed by atoms with Crippen LogP contribution in [0.15, 0.2) is 6.07 Å². The molecule has 0 N–H and O–H groups in total. The van der Waals surface area contributed by atoms with Gasteiger partial charge in [-0.3, -0.25) is 0 Å². The lowest BCUT2D eigenvalue weighted by molar-refractivity contribution is -0.144. The van der Waals surface area contributed by atoms with Crippen molar-refractivity contribution in [2.45, 2.75) is 25.1 Å². The molecule has 0 aliphatic heterocycles. The van der Waals surface area contributed by atoms with E-state index in [2.05, 4.69) is 9.97 Å². The Bertz CT molecular complexity index is 403. The third-order valence-electron chi connectivity index (χ3n) is 2.39. The molecule has 2 rings (SSSR count). The Kier molecular flexibility index (Phi) is 2.69. The lowest BCUT2D eigenvalue weighted by Crippen LogP contribution is -2.23. The molecule has 1 aliphatic rings. The molecule has 0 unspecified atom stereocenters. The molecule has 1 fully saturated rings. The van der Waals surface area contributed by atoms with Crippen LogP contribution in [0.1, 0.15) is 18.7 Å². The summed E-state index contributed by atoms with van der Waals surface area (Å²) in [7, 11) is 1.70. The third-order valence-corrected chi connectivity index (χ3v) is 2.58. The highest BCUT2D eigenvalue weighted by atomic mass is 35.5. The van der Waals surface area contributed by atoms with Crippen LogP contribution in [-0.4, -0.2) is 23.1 Å². The average molecular weight is 252 g/mol. The van der Waals surface area contributed by atoms with Gasteiger partial charge in [-0.15, -0.1) is 0 Å². The first-order chi connectivity index (χ1) is 7.38. The van der Waals surface area contributed by atoms with Crippen LogP contribution in [0.25, 0.3) is 0 Å². The lowest BCUT2D eigenvalue weighted by Gasteiger charge is -2.18. The van der Waals surface area contributed by atoms with Crippen molar-refractivity contribution in [1.29, 1.82) is 0 Å². The quantitative estimate of drug-likeness (QED) is 0.757. The van der Waals surface area contributed by atoms with E-state index in [1.54, 1.807) is 11.9 Å². The van der Waals surface area contributed by atoms with Crippen LogP contribution in [0.5, 0.6) is 0 Å². The van der Waals surface area contributed by atoms with E-state index in [0.29, 0.717) is 0 Å². The highest BCUT2D eigenvalue weighted by molar-refractivity contribution is 6.29. The van der Waals surface area contributed by atoms with Crippen LogP contribution in [0.4, 0.5) is 19.0 Å². The van der Waals surface area contributed by atoms with Crippen molar-refractivity contribution >= 4 is 17.4 Å². The molecule has 0 amide bonds. The van der Waals surface area contributed by atoms with Crippen LogP contribution in [-0.2, 0) is 6.18 Å². The topological polar surface area (TPSA) is 29.0 Å². The van der Waals surface area contributed by atoms with Crippen LogP contribution in [0.2, 0.25) is 5.15 Å². The summed E-state index contributed by atoms with van der Waals surface area (Å²) < 4.78 is 37.3. The monoisotopic (exact) mass is 251 g/mol. The number of aromatic nitrogens is 2. The van der Waals surface area contributed by atoms with Crippen molar-refractivity contribution in [2.24, 2.45) is 0 Å². The summed E-state index contributed by atoms with van der Waals surface area (Å²) in [4.78, 5) is 8.34. The maximum atomic E-state index is 12.4. The fourth-order valence-corrected chi connectivity index (χ4v) is 1.54. The minimum Gasteiger partial charge on any atom is -0.357 e. The van der Waals surface area contributed by atoms with Gasteiger partial charge in [0.2, 0.25) is 5.82 Å². The van der Waals surface area contributed by atoms with E-state index in [1.807, 2.05) is 0 Å². The SMILES string of the molecule is CN(c1cc(Cl)nc(C(F)(F)F)n1)C1CC1. The van der Waals surface area contributed by atoms with Crippen LogP contribution >= 0.6 is 11.6 Å². The first-order valence-corrected chi connectivity index (χ1v) is 5.10. The molecule has 0 radical (unpaired) electrons. The first-order valence-electron chi connectivity index (χ1n) is 4.72. The molecule has 0 saturated heterocycles. The maximum Gasteiger partial charge on any atom is 0.451 e. The molecular weight excluding hydrogens is 243 g/mol. The standard InChI is InChI=1S/C9H9ClF3N3/c1-16(5-2-3-5)7-4-6(10)14-8(15-7)9(11,12)13/h4-5H,2-3H2,1H3. The minimum atomic E-state index is -4.57. The van der Waals surface area contributed by atoms with Crippen molar-refractivity contribution in [3.05, 3.63) is 17.0 Å². The van der Waals surface area contributed by atoms with Gasteiger partial charge >= 0.3 is 6.18 Å². The van der Waals surface area contributed by atoms with Gasteiger partial charge < -0.3 is 4.90 Å². The highest BCUT2D eigenvalue weighted by Gasteiger charge is 2.36. The number of hydrogen-bond donors (Lipinski definition) is 0. The Balaban J connectivity index is 2.35. The van der Waals surface area contributed by atoms with Crippen molar-refractivity contribution in [2.75, 3.05) is 11.9 Å². The molecule has 1 saturated carbocycles. The second-order valence-corrected chi connectivity index (χ2v) is 4.10. The summed E-state index contributed by atoms with van der Waals surface area (Å²) in [5, 5.41) is -0.190. The van der Waals surface area contributed by atoms with Gasteiger partial charge in [0.25, 0.3) is 0 Å². The van der Waals surface area contributed by atoms with Crippen molar-refractivity contribution in [1.82, 2.24) is 9.97 Å². The van der Waals surface area contributed by atoms with Gasteiger partial charge in [0.1, 0.15) is 11.0 Å². The van der Waals surface area contributed by atoms with E-state index in [4.69, 9.17) is 11.6 Å². The number of alkyl halides is 3. The number of hydrogen-bond acceptors (Lipinski definition) is 3. The normalized spacial score (nSPS) is 16.3. The minimum absolute atomic E-state index is 0.190. The summed E-state index contributed by atoms with van der Waals surface area (Å²) in [6.07, 6.45) is -2.62. The van der Waals surface area contributed by atoms with Gasteiger partial charge in [0.15, 0.2) is 0 Å². The van der Waals surface area contributed by atoms with Crippen LogP contribution in [0, 0.1) is 0 Å². The zero-order chi connectivity index (χ0) is 11.9. The van der Waals surface area contributed by atoms with Gasteiger partial charge in [0, 0.05) is 19.2 Å². The predicted molar refractivity (Wildman–Crippen MR) is 53.5 cm³/mol. The Morgan fingerprint density at radius 3 is 2.50 bits per heavy atom. The smallest absolute Gasteiger partial charge is 0.357 e. The number of halogens is 4. The highest BCUT2D eigenvalue weighted by Crippen LogP contribution is 2.33. The van der Waals surface area contributed by atoms with E-state index in [-0.39, 0.29) is 17.0 Å². The number of rotatable bonds is 2. The van der Waals surface area contributed by atoms with E-state index >= 15 is 0 Å². The van der Waals surface area contributed by atoms with Crippen molar-refractivity contribution in [3.8, 4) is 0 Å². The Morgan fingerprint density at radius 1 is 1.38 bits per heavy atom. The van der Waals surface area contributed by atoms with Gasteiger partial charge in [-0.05, 0) is 12.8 Å². The number of anilines is 1. The Morgan fingerprint density at radius 2 is 2.00 bits per heavy atom. The molecule has 1 aromatic rings. The fraction of sp³-hybridized carbons (Fsp3) is 0.556. The zero-order valence-electron chi connectivity index (χ0n) is 8.42. The summed E-state index contributed by atoms with van der Waals surface area (Å²) in [5.74, 6) is -0.975. The first kappa shape index (κ1) is 11.4. The molecule has 16 heavy (non-hydrogen) atoms.